The van der Waals surface area contributed by atoms with Gasteiger partial charge in [0.2, 0.25) is 0 Å². The van der Waals surface area contributed by atoms with E-state index in [1.807, 2.05) is 5.43 Å². The number of carbonyl (C=O) groups is 1. The molecule has 3 nitrogen and oxygen atoms in total. The highest BCUT2D eigenvalue weighted by molar-refractivity contribution is 5.91. The van der Waals surface area contributed by atoms with Crippen LogP contribution in [0.15, 0.2) is 24.3 Å². The molecule has 0 spiro atoms. The second-order valence-electron chi connectivity index (χ2n) is 2.51. The molecule has 0 aliphatic rings. The standard InChI is InChI=1S/C9H8F2N2O/c10-7-3-1-6(8(11)5-7)2-4-9(14)13-12/h1-5H,12H2,(H,13,14)/b4-2+. The second-order valence-corrected chi connectivity index (χ2v) is 2.51. The summed E-state index contributed by atoms with van der Waals surface area (Å²) >= 11 is 0. The summed E-state index contributed by atoms with van der Waals surface area (Å²) < 4.78 is 25.4. The van der Waals surface area contributed by atoms with E-state index in [0.29, 0.717) is 0 Å². The van der Waals surface area contributed by atoms with Crippen LogP contribution in [0.1, 0.15) is 5.56 Å². The molecule has 1 rings (SSSR count). The fourth-order valence-electron chi connectivity index (χ4n) is 0.850. The highest BCUT2D eigenvalue weighted by Gasteiger charge is 2.00. The normalized spacial score (nSPS) is 10.5. The van der Waals surface area contributed by atoms with Gasteiger partial charge in [-0.05, 0) is 18.2 Å². The molecule has 0 bridgehead atoms. The maximum Gasteiger partial charge on any atom is 0.257 e. The van der Waals surface area contributed by atoms with Crippen molar-refractivity contribution < 1.29 is 13.6 Å². The van der Waals surface area contributed by atoms with Gasteiger partial charge >= 0.3 is 0 Å². The number of halogens is 2. The zero-order valence-electron chi connectivity index (χ0n) is 7.13. The first-order valence-electron chi connectivity index (χ1n) is 3.77. The van der Waals surface area contributed by atoms with Gasteiger partial charge in [0.1, 0.15) is 11.6 Å². The van der Waals surface area contributed by atoms with Crippen LogP contribution in [0.5, 0.6) is 0 Å². The minimum Gasteiger partial charge on any atom is -0.291 e. The number of hydrazine groups is 1. The quantitative estimate of drug-likeness (QED) is 0.322. The Hall–Kier alpha value is -1.75. The lowest BCUT2D eigenvalue weighted by atomic mass is 10.2. The molecule has 0 radical (unpaired) electrons. The summed E-state index contributed by atoms with van der Waals surface area (Å²) in [6, 6.07) is 3.06. The molecule has 0 aromatic heterocycles. The summed E-state index contributed by atoms with van der Waals surface area (Å²) in [5.41, 5.74) is 1.96. The summed E-state index contributed by atoms with van der Waals surface area (Å²) in [5, 5.41) is 0. The second kappa shape index (κ2) is 4.48. The van der Waals surface area contributed by atoms with Crippen molar-refractivity contribution in [3.63, 3.8) is 0 Å². The van der Waals surface area contributed by atoms with Crippen LogP contribution in [0, 0.1) is 11.6 Å². The van der Waals surface area contributed by atoms with Crippen LogP contribution in [0.25, 0.3) is 6.08 Å². The first-order chi connectivity index (χ1) is 6.63. The number of amides is 1. The maximum absolute atomic E-state index is 13.0. The monoisotopic (exact) mass is 198 g/mol. The summed E-state index contributed by atoms with van der Waals surface area (Å²) in [6.45, 7) is 0. The van der Waals surface area contributed by atoms with Gasteiger partial charge in [-0.25, -0.2) is 14.6 Å². The predicted molar refractivity (Wildman–Crippen MR) is 47.7 cm³/mol. The number of rotatable bonds is 2. The van der Waals surface area contributed by atoms with Crippen LogP contribution in [-0.4, -0.2) is 5.91 Å². The van der Waals surface area contributed by atoms with Gasteiger partial charge in [-0.3, -0.25) is 10.2 Å². The van der Waals surface area contributed by atoms with Crippen molar-refractivity contribution in [1.82, 2.24) is 5.43 Å². The Labute approximate surface area is 79.2 Å². The topological polar surface area (TPSA) is 55.1 Å². The fourth-order valence-corrected chi connectivity index (χ4v) is 0.850. The van der Waals surface area contributed by atoms with Crippen LogP contribution in [0.3, 0.4) is 0 Å². The number of nitrogens with one attached hydrogen (secondary N) is 1. The van der Waals surface area contributed by atoms with Crippen LogP contribution < -0.4 is 11.3 Å². The predicted octanol–water partition coefficient (Wildman–Crippen LogP) is 0.968. The first kappa shape index (κ1) is 10.3. The zero-order valence-corrected chi connectivity index (χ0v) is 7.13. The van der Waals surface area contributed by atoms with E-state index in [9.17, 15) is 13.6 Å². The Balaban J connectivity index is 2.87. The van der Waals surface area contributed by atoms with E-state index in [-0.39, 0.29) is 5.56 Å². The molecular weight excluding hydrogens is 190 g/mol. The Morgan fingerprint density at radius 2 is 2.14 bits per heavy atom. The van der Waals surface area contributed by atoms with E-state index in [4.69, 9.17) is 5.84 Å². The molecule has 14 heavy (non-hydrogen) atoms. The molecular formula is C9H8F2N2O. The zero-order chi connectivity index (χ0) is 10.6. The van der Waals surface area contributed by atoms with E-state index in [1.165, 1.54) is 12.1 Å². The summed E-state index contributed by atoms with van der Waals surface area (Å²) in [5.74, 6) is 2.84. The molecule has 5 heteroatoms. The number of hydrogen-bond donors (Lipinski definition) is 2. The van der Waals surface area contributed by atoms with E-state index >= 15 is 0 Å². The molecule has 1 aromatic carbocycles. The molecule has 0 saturated carbocycles. The molecule has 74 valence electrons. The summed E-state index contributed by atoms with van der Waals surface area (Å²) in [6.07, 6.45) is 2.26. The smallest absolute Gasteiger partial charge is 0.257 e. The van der Waals surface area contributed by atoms with E-state index in [0.717, 1.165) is 18.2 Å². The molecule has 0 aliphatic carbocycles. The maximum atomic E-state index is 13.0. The Morgan fingerprint density at radius 1 is 1.43 bits per heavy atom. The third-order valence-corrected chi connectivity index (χ3v) is 1.52. The molecule has 0 heterocycles. The van der Waals surface area contributed by atoms with Crippen molar-refractivity contribution >= 4 is 12.0 Å². The van der Waals surface area contributed by atoms with Gasteiger partial charge in [-0.15, -0.1) is 0 Å². The molecule has 0 unspecified atom stereocenters. The Bertz CT molecular complexity index is 377. The Morgan fingerprint density at radius 3 is 2.71 bits per heavy atom. The lowest BCUT2D eigenvalue weighted by molar-refractivity contribution is -0.116. The van der Waals surface area contributed by atoms with Gasteiger partial charge in [0.05, 0.1) is 0 Å². The van der Waals surface area contributed by atoms with Crippen LogP contribution >= 0.6 is 0 Å². The highest BCUT2D eigenvalue weighted by Crippen LogP contribution is 2.10. The van der Waals surface area contributed by atoms with Gasteiger partial charge in [0.15, 0.2) is 0 Å². The molecule has 1 aromatic rings. The highest BCUT2D eigenvalue weighted by atomic mass is 19.1. The first-order valence-corrected chi connectivity index (χ1v) is 3.77. The third kappa shape index (κ3) is 2.63. The number of benzene rings is 1. The van der Waals surface area contributed by atoms with Gasteiger partial charge < -0.3 is 0 Å². The number of nitrogens with two attached hydrogens (primary N) is 1. The van der Waals surface area contributed by atoms with Crippen molar-refractivity contribution in [3.05, 3.63) is 41.5 Å². The van der Waals surface area contributed by atoms with E-state index in [1.54, 1.807) is 0 Å². The van der Waals surface area contributed by atoms with Crippen LogP contribution in [-0.2, 0) is 4.79 Å². The molecule has 3 N–H and O–H groups in total. The lowest BCUT2D eigenvalue weighted by Crippen LogP contribution is -2.27. The minimum absolute atomic E-state index is 0.120. The summed E-state index contributed by atoms with van der Waals surface area (Å²) in [4.78, 5) is 10.6. The van der Waals surface area contributed by atoms with Crippen molar-refractivity contribution in [2.75, 3.05) is 0 Å². The molecule has 0 atom stereocenters. The van der Waals surface area contributed by atoms with E-state index < -0.39 is 17.5 Å². The molecule has 0 aliphatic heterocycles. The lowest BCUT2D eigenvalue weighted by Gasteiger charge is -1.96. The fraction of sp³-hybridized carbons (Fsp3) is 0. The minimum atomic E-state index is -0.730. The number of hydrogen-bond acceptors (Lipinski definition) is 2. The third-order valence-electron chi connectivity index (χ3n) is 1.52. The Kier molecular flexibility index (Phi) is 3.30. The van der Waals surface area contributed by atoms with Gasteiger partial charge in [0.25, 0.3) is 5.91 Å². The largest absolute Gasteiger partial charge is 0.291 e. The van der Waals surface area contributed by atoms with Crippen molar-refractivity contribution in [3.8, 4) is 0 Å². The molecule has 0 fully saturated rings. The number of carbonyl (C=O) groups excluding carboxylic acids is 1. The van der Waals surface area contributed by atoms with Gasteiger partial charge in [-0.1, -0.05) is 0 Å². The SMILES string of the molecule is NNC(=O)/C=C/c1ccc(F)cc1F. The average molecular weight is 198 g/mol. The average Bonchev–Trinajstić information content (AvgIpc) is 2.16. The summed E-state index contributed by atoms with van der Waals surface area (Å²) in [7, 11) is 0. The van der Waals surface area contributed by atoms with Crippen molar-refractivity contribution in [2.24, 2.45) is 5.84 Å². The van der Waals surface area contributed by atoms with Crippen molar-refractivity contribution in [1.29, 1.82) is 0 Å². The van der Waals surface area contributed by atoms with Crippen LogP contribution in [0.2, 0.25) is 0 Å². The molecule has 0 saturated heterocycles. The van der Waals surface area contributed by atoms with Gasteiger partial charge in [0, 0.05) is 17.7 Å². The van der Waals surface area contributed by atoms with Crippen LogP contribution in [0.4, 0.5) is 8.78 Å². The molecule has 1 amide bonds. The van der Waals surface area contributed by atoms with Gasteiger partial charge in [-0.2, -0.15) is 0 Å². The van der Waals surface area contributed by atoms with E-state index in [2.05, 4.69) is 0 Å². The van der Waals surface area contributed by atoms with Crippen molar-refractivity contribution in [2.45, 2.75) is 0 Å².